The molecule has 1 aliphatic rings. The van der Waals surface area contributed by atoms with Gasteiger partial charge in [0, 0.05) is 0 Å². The third-order valence-corrected chi connectivity index (χ3v) is 14.0. The maximum Gasteiger partial charge on any atom is 0.408 e. The van der Waals surface area contributed by atoms with Crippen molar-refractivity contribution in [2.24, 2.45) is 5.92 Å². The van der Waals surface area contributed by atoms with Crippen molar-refractivity contribution in [3.63, 3.8) is 0 Å². The van der Waals surface area contributed by atoms with Crippen LogP contribution in [0, 0.1) is 5.92 Å². The molecule has 9 heteroatoms. The minimum Gasteiger partial charge on any atom is -0.460 e. The van der Waals surface area contributed by atoms with Gasteiger partial charge in [-0.3, -0.25) is 4.79 Å². The molecular formula is C30H49NO7Si. The summed E-state index contributed by atoms with van der Waals surface area (Å²) < 4.78 is 24.1. The van der Waals surface area contributed by atoms with E-state index in [1.807, 2.05) is 30.3 Å². The molecule has 0 saturated carbocycles. The SMILES string of the molecule is CCCC[C@H]1C(=O)O[C@H](C)[C@H](NC(=O)OCc2ccccc2)C(=O)OC(C)[C@@H]1O[Si](C(C)C)(C(C)C)C(C)C. The lowest BCUT2D eigenvalue weighted by molar-refractivity contribution is -0.159. The first-order valence-electron chi connectivity index (χ1n) is 14.4. The van der Waals surface area contributed by atoms with Crippen molar-refractivity contribution in [2.45, 2.75) is 129 Å². The van der Waals surface area contributed by atoms with E-state index >= 15 is 0 Å². The molecule has 1 fully saturated rings. The Bertz CT molecular complexity index is 915. The molecule has 8 nitrogen and oxygen atoms in total. The fourth-order valence-corrected chi connectivity index (χ4v) is 11.6. The number of rotatable bonds is 11. The van der Waals surface area contributed by atoms with Crippen LogP contribution in [-0.4, -0.2) is 50.7 Å². The molecule has 1 aromatic rings. The third-order valence-electron chi connectivity index (χ3n) is 7.89. The molecule has 220 valence electrons. The molecule has 1 amide bonds. The van der Waals surface area contributed by atoms with Crippen LogP contribution >= 0.6 is 0 Å². The van der Waals surface area contributed by atoms with Crippen LogP contribution in [0.25, 0.3) is 0 Å². The van der Waals surface area contributed by atoms with Gasteiger partial charge in [0.05, 0.1) is 12.0 Å². The Balaban J connectivity index is 2.35. The highest BCUT2D eigenvalue weighted by Crippen LogP contribution is 2.45. The number of unbranched alkanes of at least 4 members (excludes halogenated alkanes) is 1. The summed E-state index contributed by atoms with van der Waals surface area (Å²) in [6, 6.07) is 8.01. The summed E-state index contributed by atoms with van der Waals surface area (Å²) in [6.45, 7) is 18.6. The van der Waals surface area contributed by atoms with E-state index in [9.17, 15) is 14.4 Å². The average Bonchev–Trinajstić information content (AvgIpc) is 2.89. The fraction of sp³-hybridized carbons (Fsp3) is 0.700. The van der Waals surface area contributed by atoms with E-state index in [4.69, 9.17) is 18.6 Å². The van der Waals surface area contributed by atoms with Crippen molar-refractivity contribution in [1.29, 1.82) is 0 Å². The number of hydrogen-bond acceptors (Lipinski definition) is 7. The van der Waals surface area contributed by atoms with Gasteiger partial charge < -0.3 is 24.0 Å². The van der Waals surface area contributed by atoms with Gasteiger partial charge in [0.2, 0.25) is 8.32 Å². The number of nitrogens with one attached hydrogen (secondary N) is 1. The van der Waals surface area contributed by atoms with E-state index in [0.717, 1.165) is 18.4 Å². The Morgan fingerprint density at radius 3 is 2.03 bits per heavy atom. The summed E-state index contributed by atoms with van der Waals surface area (Å²) in [6.07, 6.45) is -0.846. The highest BCUT2D eigenvalue weighted by atomic mass is 28.4. The van der Waals surface area contributed by atoms with E-state index in [0.29, 0.717) is 6.42 Å². The maximum atomic E-state index is 13.6. The Morgan fingerprint density at radius 2 is 1.49 bits per heavy atom. The van der Waals surface area contributed by atoms with Crippen molar-refractivity contribution in [1.82, 2.24) is 5.32 Å². The van der Waals surface area contributed by atoms with Gasteiger partial charge in [0.15, 0.2) is 6.04 Å². The summed E-state index contributed by atoms with van der Waals surface area (Å²) >= 11 is 0. The molecule has 0 bridgehead atoms. The molecule has 2 rings (SSSR count). The second-order valence-electron chi connectivity index (χ2n) is 11.6. The first-order valence-corrected chi connectivity index (χ1v) is 16.5. The van der Waals surface area contributed by atoms with Crippen molar-refractivity contribution in [3.8, 4) is 0 Å². The molecule has 0 spiro atoms. The van der Waals surface area contributed by atoms with E-state index in [1.54, 1.807) is 13.8 Å². The molecule has 1 N–H and O–H groups in total. The largest absolute Gasteiger partial charge is 0.460 e. The third kappa shape index (κ3) is 8.30. The predicted molar refractivity (Wildman–Crippen MR) is 154 cm³/mol. The molecule has 0 aliphatic carbocycles. The van der Waals surface area contributed by atoms with Crippen LogP contribution in [0.2, 0.25) is 16.6 Å². The number of carbonyl (C=O) groups excluding carboxylic acids is 3. The summed E-state index contributed by atoms with van der Waals surface area (Å²) in [7, 11) is -2.44. The van der Waals surface area contributed by atoms with Gasteiger partial charge in [0.25, 0.3) is 0 Å². The first-order chi connectivity index (χ1) is 18.3. The normalized spacial score (nSPS) is 24.6. The van der Waals surface area contributed by atoms with Gasteiger partial charge in [-0.2, -0.15) is 0 Å². The molecule has 1 aromatic carbocycles. The van der Waals surface area contributed by atoms with Crippen molar-refractivity contribution in [2.75, 3.05) is 0 Å². The predicted octanol–water partition coefficient (Wildman–Crippen LogP) is 6.53. The highest BCUT2D eigenvalue weighted by Gasteiger charge is 2.51. The van der Waals surface area contributed by atoms with Crippen LogP contribution in [-0.2, 0) is 34.8 Å². The quantitative estimate of drug-likeness (QED) is 0.186. The summed E-state index contributed by atoms with van der Waals surface area (Å²) in [5.74, 6) is -1.72. The lowest BCUT2D eigenvalue weighted by Gasteiger charge is -2.46. The Morgan fingerprint density at radius 1 is 0.923 bits per heavy atom. The molecule has 5 atom stereocenters. The Labute approximate surface area is 235 Å². The van der Waals surface area contributed by atoms with Crippen LogP contribution in [0.4, 0.5) is 4.79 Å². The lowest BCUT2D eigenvalue weighted by Crippen LogP contribution is -2.55. The second kappa shape index (κ2) is 14.8. The van der Waals surface area contributed by atoms with Crippen LogP contribution in [0.15, 0.2) is 30.3 Å². The minimum absolute atomic E-state index is 0.0420. The number of alkyl carbamates (subject to hydrolysis) is 1. The van der Waals surface area contributed by atoms with Crippen molar-refractivity contribution in [3.05, 3.63) is 35.9 Å². The van der Waals surface area contributed by atoms with Gasteiger partial charge in [0.1, 0.15) is 18.8 Å². The van der Waals surface area contributed by atoms with Crippen molar-refractivity contribution >= 4 is 26.3 Å². The fourth-order valence-electron chi connectivity index (χ4n) is 5.91. The van der Waals surface area contributed by atoms with E-state index in [-0.39, 0.29) is 23.2 Å². The van der Waals surface area contributed by atoms with Crippen LogP contribution in [0.3, 0.4) is 0 Å². The van der Waals surface area contributed by atoms with Gasteiger partial charge in [-0.1, -0.05) is 91.6 Å². The van der Waals surface area contributed by atoms with Gasteiger partial charge in [-0.15, -0.1) is 0 Å². The zero-order valence-corrected chi connectivity index (χ0v) is 26.2. The topological polar surface area (TPSA) is 100 Å². The summed E-state index contributed by atoms with van der Waals surface area (Å²) in [5.41, 5.74) is 1.65. The molecule has 1 unspecified atom stereocenters. The number of hydrogen-bond donors (Lipinski definition) is 1. The molecule has 0 aromatic heterocycles. The van der Waals surface area contributed by atoms with E-state index in [1.165, 1.54) is 0 Å². The lowest BCUT2D eigenvalue weighted by atomic mass is 9.93. The molecule has 1 aliphatic heterocycles. The summed E-state index contributed by atoms with van der Waals surface area (Å²) in [5, 5.41) is 2.56. The van der Waals surface area contributed by atoms with Crippen LogP contribution in [0.1, 0.15) is 87.1 Å². The van der Waals surface area contributed by atoms with Crippen molar-refractivity contribution < 1.29 is 33.0 Å². The molecule has 39 heavy (non-hydrogen) atoms. The minimum atomic E-state index is -2.44. The zero-order valence-electron chi connectivity index (χ0n) is 25.2. The van der Waals surface area contributed by atoms with Gasteiger partial charge in [-0.25, -0.2) is 9.59 Å². The zero-order chi connectivity index (χ0) is 29.3. The Hall–Kier alpha value is -2.39. The molecule has 0 radical (unpaired) electrons. The smallest absolute Gasteiger partial charge is 0.408 e. The molecular weight excluding hydrogens is 514 g/mol. The standard InChI is InChI=1S/C30H49NO7Si/c1-10-11-17-25-27(38-39(19(2)3,20(4)5)21(6)7)23(9)37-29(33)26(22(8)36-28(25)32)31-30(34)35-18-24-15-13-12-14-16-24/h12-16,19-23,25-27H,10-11,17-18H2,1-9H3,(H,31,34)/t22-,23?,25-,26+,27+/m1/s1. The van der Waals surface area contributed by atoms with E-state index < -0.39 is 56.6 Å². The number of ether oxygens (including phenoxy) is 3. The van der Waals surface area contributed by atoms with Gasteiger partial charge >= 0.3 is 18.0 Å². The number of amides is 1. The van der Waals surface area contributed by atoms with E-state index in [2.05, 4.69) is 53.8 Å². The molecule has 1 heterocycles. The molecule has 1 saturated heterocycles. The Kier molecular flexibility index (Phi) is 12.5. The monoisotopic (exact) mass is 563 g/mol. The number of esters is 2. The first kappa shape index (κ1) is 32.8. The van der Waals surface area contributed by atoms with Crippen LogP contribution < -0.4 is 5.32 Å². The number of benzene rings is 1. The number of carbonyl (C=O) groups is 3. The van der Waals surface area contributed by atoms with Crippen LogP contribution in [0.5, 0.6) is 0 Å². The number of cyclic esters (lactones) is 2. The second-order valence-corrected chi connectivity index (χ2v) is 17.0. The average molecular weight is 564 g/mol. The highest BCUT2D eigenvalue weighted by molar-refractivity contribution is 6.77. The van der Waals surface area contributed by atoms with Gasteiger partial charge in [-0.05, 0) is 42.5 Å². The maximum absolute atomic E-state index is 13.6. The summed E-state index contributed by atoms with van der Waals surface area (Å²) in [4.78, 5) is 39.6.